The molecule has 23 heavy (non-hydrogen) atoms. The number of hydrogen-bond donors (Lipinski definition) is 2. The second-order valence-corrected chi connectivity index (χ2v) is 5.97. The molecule has 7 nitrogen and oxygen atoms in total. The van der Waals surface area contributed by atoms with E-state index in [0.717, 1.165) is 17.4 Å². The molecule has 0 bridgehead atoms. The molecule has 1 aromatic carbocycles. The van der Waals surface area contributed by atoms with Crippen molar-refractivity contribution in [3.8, 4) is 5.75 Å². The van der Waals surface area contributed by atoms with Gasteiger partial charge in [0, 0.05) is 29.8 Å². The number of H-pyrrole nitrogens is 1. The highest BCUT2D eigenvalue weighted by Crippen LogP contribution is 2.26. The van der Waals surface area contributed by atoms with Crippen molar-refractivity contribution in [2.24, 2.45) is 0 Å². The quantitative estimate of drug-likeness (QED) is 0.547. The average Bonchev–Trinajstić information content (AvgIpc) is 2.85. The third kappa shape index (κ3) is 3.16. The Labute approximate surface area is 135 Å². The van der Waals surface area contributed by atoms with E-state index in [1.54, 1.807) is 10.6 Å². The summed E-state index contributed by atoms with van der Waals surface area (Å²) in [7, 11) is 0. The van der Waals surface area contributed by atoms with Crippen LogP contribution >= 0.6 is 11.8 Å². The van der Waals surface area contributed by atoms with Gasteiger partial charge in [0.25, 0.3) is 0 Å². The van der Waals surface area contributed by atoms with Crippen LogP contribution in [-0.2, 0) is 12.3 Å². The van der Waals surface area contributed by atoms with Gasteiger partial charge in [0.05, 0.1) is 0 Å². The van der Waals surface area contributed by atoms with Crippen LogP contribution in [0, 0.1) is 0 Å². The monoisotopic (exact) mass is 333 g/mol. The topological polar surface area (TPSA) is 101 Å². The predicted octanol–water partition coefficient (Wildman–Crippen LogP) is 2.09. The second-order valence-electron chi connectivity index (χ2n) is 5.02. The molecule has 2 heterocycles. The normalized spacial score (nSPS) is 11.2. The Kier molecular flexibility index (Phi) is 4.24. The van der Waals surface area contributed by atoms with E-state index in [-0.39, 0.29) is 11.4 Å². The van der Waals surface area contributed by atoms with Crippen molar-refractivity contribution in [2.75, 3.05) is 0 Å². The standard InChI is InChI=1S/C15H15N3O4S/c1-2-5-18-14(21)16-17-15(18)23-8-9-6-13(20)22-12-7-10(19)3-4-11(9)12/h3-4,6-7,19H,2,5,8H2,1H3,(H,16,21). The molecule has 0 amide bonds. The minimum absolute atomic E-state index is 0.0366. The first-order valence-electron chi connectivity index (χ1n) is 7.12. The number of nitrogens with zero attached hydrogens (tertiary/aromatic N) is 2. The number of aromatic hydroxyl groups is 1. The van der Waals surface area contributed by atoms with Crippen molar-refractivity contribution in [3.05, 3.63) is 50.7 Å². The minimum Gasteiger partial charge on any atom is -0.508 e. The molecule has 0 saturated heterocycles. The minimum atomic E-state index is -0.480. The van der Waals surface area contributed by atoms with E-state index in [4.69, 9.17) is 4.42 Å². The highest BCUT2D eigenvalue weighted by atomic mass is 32.2. The van der Waals surface area contributed by atoms with Gasteiger partial charge in [-0.3, -0.25) is 4.57 Å². The maximum atomic E-state index is 11.7. The number of thioether (sulfide) groups is 1. The first kappa shape index (κ1) is 15.4. The van der Waals surface area contributed by atoms with Gasteiger partial charge in [-0.05, 0) is 24.1 Å². The number of aromatic amines is 1. The number of hydrogen-bond acceptors (Lipinski definition) is 6. The summed E-state index contributed by atoms with van der Waals surface area (Å²) in [6.45, 7) is 2.57. The van der Waals surface area contributed by atoms with E-state index >= 15 is 0 Å². The molecule has 8 heteroatoms. The fourth-order valence-corrected chi connectivity index (χ4v) is 3.28. The van der Waals surface area contributed by atoms with Crippen molar-refractivity contribution >= 4 is 22.7 Å². The SMILES string of the molecule is CCCn1c(SCc2cc(=O)oc3cc(O)ccc23)n[nH]c1=O. The fraction of sp³-hybridized carbons (Fsp3) is 0.267. The molecular weight excluding hydrogens is 318 g/mol. The third-order valence-electron chi connectivity index (χ3n) is 3.34. The summed E-state index contributed by atoms with van der Waals surface area (Å²) in [4.78, 5) is 23.3. The first-order chi connectivity index (χ1) is 11.1. The van der Waals surface area contributed by atoms with Crippen LogP contribution in [0.2, 0.25) is 0 Å². The van der Waals surface area contributed by atoms with Gasteiger partial charge in [0.2, 0.25) is 0 Å². The Hall–Kier alpha value is -2.48. The maximum absolute atomic E-state index is 11.7. The van der Waals surface area contributed by atoms with Gasteiger partial charge >= 0.3 is 11.3 Å². The molecule has 0 fully saturated rings. The van der Waals surface area contributed by atoms with Crippen molar-refractivity contribution in [3.63, 3.8) is 0 Å². The molecule has 3 aromatic rings. The Morgan fingerprint density at radius 3 is 2.96 bits per heavy atom. The number of aromatic nitrogens is 3. The molecule has 0 spiro atoms. The maximum Gasteiger partial charge on any atom is 0.343 e. The van der Waals surface area contributed by atoms with Crippen LogP contribution < -0.4 is 11.3 Å². The number of phenolic OH excluding ortho intramolecular Hbond substituents is 1. The zero-order valence-electron chi connectivity index (χ0n) is 12.4. The Bertz CT molecular complexity index is 957. The average molecular weight is 333 g/mol. The summed E-state index contributed by atoms with van der Waals surface area (Å²) in [5.41, 5.74) is 0.379. The van der Waals surface area contributed by atoms with Gasteiger partial charge in [-0.15, -0.1) is 5.10 Å². The van der Waals surface area contributed by atoms with Gasteiger partial charge in [-0.2, -0.15) is 0 Å². The lowest BCUT2D eigenvalue weighted by Gasteiger charge is -2.06. The molecule has 0 aliphatic rings. The Morgan fingerprint density at radius 2 is 2.17 bits per heavy atom. The molecule has 0 aliphatic carbocycles. The number of nitrogens with one attached hydrogen (secondary N) is 1. The molecule has 0 saturated carbocycles. The summed E-state index contributed by atoms with van der Waals surface area (Å²) in [5.74, 6) is 0.496. The van der Waals surface area contributed by atoms with Crippen LogP contribution in [0.5, 0.6) is 5.75 Å². The van der Waals surface area contributed by atoms with Crippen molar-refractivity contribution < 1.29 is 9.52 Å². The molecule has 0 radical (unpaired) electrons. The second kappa shape index (κ2) is 6.33. The molecule has 0 atom stereocenters. The molecule has 3 rings (SSSR count). The first-order valence-corrected chi connectivity index (χ1v) is 8.11. The van der Waals surface area contributed by atoms with Gasteiger partial charge in [-0.1, -0.05) is 18.7 Å². The number of fused-ring (bicyclic) bond motifs is 1. The fourth-order valence-electron chi connectivity index (χ4n) is 2.31. The summed E-state index contributed by atoms with van der Waals surface area (Å²) in [6.07, 6.45) is 0.824. The van der Waals surface area contributed by atoms with E-state index in [9.17, 15) is 14.7 Å². The van der Waals surface area contributed by atoms with Crippen molar-refractivity contribution in [1.29, 1.82) is 0 Å². The highest BCUT2D eigenvalue weighted by Gasteiger charge is 2.11. The van der Waals surface area contributed by atoms with E-state index in [0.29, 0.717) is 23.0 Å². The lowest BCUT2D eigenvalue weighted by molar-refractivity contribution is 0.473. The smallest absolute Gasteiger partial charge is 0.343 e. The van der Waals surface area contributed by atoms with Crippen LogP contribution in [0.1, 0.15) is 18.9 Å². The molecular formula is C15H15N3O4S. The third-order valence-corrected chi connectivity index (χ3v) is 4.37. The summed E-state index contributed by atoms with van der Waals surface area (Å²) in [5, 5.41) is 17.3. The molecule has 0 unspecified atom stereocenters. The van der Waals surface area contributed by atoms with Gasteiger partial charge in [0.15, 0.2) is 5.16 Å². The van der Waals surface area contributed by atoms with E-state index in [1.807, 2.05) is 6.92 Å². The van der Waals surface area contributed by atoms with Crippen LogP contribution in [0.25, 0.3) is 11.0 Å². The zero-order valence-corrected chi connectivity index (χ0v) is 13.2. The number of phenols is 1. The highest BCUT2D eigenvalue weighted by molar-refractivity contribution is 7.98. The lowest BCUT2D eigenvalue weighted by atomic mass is 10.1. The van der Waals surface area contributed by atoms with E-state index in [2.05, 4.69) is 10.2 Å². The van der Waals surface area contributed by atoms with Crippen molar-refractivity contribution in [1.82, 2.24) is 14.8 Å². The van der Waals surface area contributed by atoms with Crippen LogP contribution in [0.3, 0.4) is 0 Å². The Balaban J connectivity index is 1.93. The van der Waals surface area contributed by atoms with E-state index < -0.39 is 5.63 Å². The van der Waals surface area contributed by atoms with Gasteiger partial charge in [0.1, 0.15) is 11.3 Å². The molecule has 120 valence electrons. The van der Waals surface area contributed by atoms with Gasteiger partial charge < -0.3 is 9.52 Å². The van der Waals surface area contributed by atoms with Crippen LogP contribution in [0.4, 0.5) is 0 Å². The molecule has 0 aliphatic heterocycles. The largest absolute Gasteiger partial charge is 0.508 e. The summed E-state index contributed by atoms with van der Waals surface area (Å²) < 4.78 is 6.67. The molecule has 2 N–H and O–H groups in total. The van der Waals surface area contributed by atoms with Gasteiger partial charge in [-0.25, -0.2) is 14.7 Å². The number of benzene rings is 1. The van der Waals surface area contributed by atoms with Crippen molar-refractivity contribution in [2.45, 2.75) is 30.8 Å². The van der Waals surface area contributed by atoms with E-state index in [1.165, 1.54) is 30.0 Å². The lowest BCUT2D eigenvalue weighted by Crippen LogP contribution is -2.17. The van der Waals surface area contributed by atoms with Crippen LogP contribution in [0.15, 0.2) is 43.4 Å². The summed E-state index contributed by atoms with van der Waals surface area (Å²) >= 11 is 1.37. The Morgan fingerprint density at radius 1 is 1.35 bits per heavy atom. The zero-order chi connectivity index (χ0) is 16.4. The predicted molar refractivity (Wildman–Crippen MR) is 86.8 cm³/mol. The molecule has 2 aromatic heterocycles. The van der Waals surface area contributed by atoms with Crippen LogP contribution in [-0.4, -0.2) is 19.9 Å². The summed E-state index contributed by atoms with van der Waals surface area (Å²) in [6, 6.07) is 6.07. The number of rotatable bonds is 5.